The van der Waals surface area contributed by atoms with Gasteiger partial charge in [0.15, 0.2) is 0 Å². The summed E-state index contributed by atoms with van der Waals surface area (Å²) in [7, 11) is 0. The van der Waals surface area contributed by atoms with Crippen LogP contribution < -0.4 is 5.32 Å². The lowest BCUT2D eigenvalue weighted by atomic mass is 9.89. The van der Waals surface area contributed by atoms with Gasteiger partial charge in [0, 0.05) is 26.1 Å². The lowest BCUT2D eigenvalue weighted by molar-refractivity contribution is -0.192. The minimum absolute atomic E-state index is 0.0252. The summed E-state index contributed by atoms with van der Waals surface area (Å²) >= 11 is 0. The van der Waals surface area contributed by atoms with E-state index in [-0.39, 0.29) is 17.3 Å². The summed E-state index contributed by atoms with van der Waals surface area (Å²) in [6, 6.07) is 0. The van der Waals surface area contributed by atoms with Gasteiger partial charge in [-0.3, -0.25) is 0 Å². The van der Waals surface area contributed by atoms with Gasteiger partial charge in [0.2, 0.25) is 0 Å². The molecule has 15 heavy (non-hydrogen) atoms. The maximum atomic E-state index is 6.51. The zero-order chi connectivity index (χ0) is 10.4. The quantitative estimate of drug-likeness (QED) is 0.658. The van der Waals surface area contributed by atoms with Crippen LogP contribution in [0.3, 0.4) is 0 Å². The molecule has 0 aromatic rings. The smallest absolute Gasteiger partial charge is 0.109 e. The second-order valence-corrected chi connectivity index (χ2v) is 5.42. The van der Waals surface area contributed by atoms with E-state index in [4.69, 9.17) is 9.47 Å². The van der Waals surface area contributed by atoms with E-state index < -0.39 is 0 Å². The van der Waals surface area contributed by atoms with Crippen molar-refractivity contribution in [3.8, 4) is 0 Å². The first-order valence-corrected chi connectivity index (χ1v) is 6.27. The Morgan fingerprint density at radius 1 is 1.13 bits per heavy atom. The molecule has 2 saturated heterocycles. The van der Waals surface area contributed by atoms with E-state index in [1.807, 2.05) is 0 Å². The predicted octanol–water partition coefficient (Wildman–Crippen LogP) is 1.47. The number of rotatable bonds is 0. The lowest BCUT2D eigenvalue weighted by Crippen LogP contribution is -2.62. The van der Waals surface area contributed by atoms with Gasteiger partial charge in [0.05, 0.1) is 11.7 Å². The molecule has 0 bridgehead atoms. The van der Waals surface area contributed by atoms with Crippen LogP contribution in [0.4, 0.5) is 0 Å². The summed E-state index contributed by atoms with van der Waals surface area (Å²) in [4.78, 5) is 0. The van der Waals surface area contributed by atoms with Crippen LogP contribution in [0.25, 0.3) is 0 Å². The van der Waals surface area contributed by atoms with Gasteiger partial charge in [-0.1, -0.05) is 12.8 Å². The third-order valence-electron chi connectivity index (χ3n) is 4.44. The van der Waals surface area contributed by atoms with Crippen LogP contribution in [0, 0.1) is 0 Å². The van der Waals surface area contributed by atoms with Crippen molar-refractivity contribution in [1.82, 2.24) is 5.32 Å². The van der Waals surface area contributed by atoms with Crippen molar-refractivity contribution >= 4 is 0 Å². The van der Waals surface area contributed by atoms with Crippen molar-refractivity contribution in [3.63, 3.8) is 0 Å². The highest BCUT2D eigenvalue weighted by Crippen LogP contribution is 2.42. The van der Waals surface area contributed by atoms with Crippen LogP contribution >= 0.6 is 0 Å². The van der Waals surface area contributed by atoms with Crippen LogP contribution in [-0.2, 0) is 9.47 Å². The lowest BCUT2D eigenvalue weighted by Gasteiger charge is -2.47. The summed E-state index contributed by atoms with van der Waals surface area (Å²) in [6.07, 6.45) is 6.43. The molecular weight excluding hydrogens is 190 g/mol. The molecule has 1 aliphatic carbocycles. The van der Waals surface area contributed by atoms with Gasteiger partial charge >= 0.3 is 0 Å². The topological polar surface area (TPSA) is 30.5 Å². The summed E-state index contributed by atoms with van der Waals surface area (Å²) in [6.45, 7) is 5.03. The summed E-state index contributed by atoms with van der Waals surface area (Å²) in [5.41, 5.74) is 0.114. The number of nitrogens with one attached hydrogen (secondary N) is 1. The molecule has 3 rings (SSSR count). The largest absolute Gasteiger partial charge is 0.375 e. The van der Waals surface area contributed by atoms with E-state index in [9.17, 15) is 0 Å². The van der Waals surface area contributed by atoms with Crippen molar-refractivity contribution < 1.29 is 9.47 Å². The van der Waals surface area contributed by atoms with Crippen LogP contribution in [0.5, 0.6) is 0 Å². The van der Waals surface area contributed by atoms with Crippen molar-refractivity contribution in [1.29, 1.82) is 0 Å². The van der Waals surface area contributed by atoms with Gasteiger partial charge < -0.3 is 14.8 Å². The van der Waals surface area contributed by atoms with E-state index in [1.165, 1.54) is 25.7 Å². The monoisotopic (exact) mass is 211 g/mol. The van der Waals surface area contributed by atoms with Gasteiger partial charge in [-0.05, 0) is 19.8 Å². The molecule has 86 valence electrons. The molecule has 2 heterocycles. The Hall–Kier alpha value is -0.120. The SMILES string of the molecule is CC1OCCC12CNCC1(CCCC1)O2. The molecule has 3 heteroatoms. The Bertz CT molecular complexity index is 250. The Morgan fingerprint density at radius 3 is 2.60 bits per heavy atom. The normalized spacial score (nSPS) is 44.2. The fraction of sp³-hybridized carbons (Fsp3) is 1.00. The number of hydrogen-bond donors (Lipinski definition) is 1. The average molecular weight is 211 g/mol. The third kappa shape index (κ3) is 1.52. The van der Waals surface area contributed by atoms with E-state index in [2.05, 4.69) is 12.2 Å². The molecular formula is C12H21NO2. The molecule has 2 atom stereocenters. The molecule has 0 aromatic heterocycles. The maximum absolute atomic E-state index is 6.51. The fourth-order valence-electron chi connectivity index (χ4n) is 3.43. The fourth-order valence-corrected chi connectivity index (χ4v) is 3.43. The van der Waals surface area contributed by atoms with Crippen LogP contribution in [-0.4, -0.2) is 37.0 Å². The highest BCUT2D eigenvalue weighted by molar-refractivity contribution is 5.03. The maximum Gasteiger partial charge on any atom is 0.109 e. The van der Waals surface area contributed by atoms with E-state index in [1.54, 1.807) is 0 Å². The van der Waals surface area contributed by atoms with Crippen LogP contribution in [0.15, 0.2) is 0 Å². The summed E-state index contributed by atoms with van der Waals surface area (Å²) < 4.78 is 12.2. The number of ether oxygens (including phenoxy) is 2. The van der Waals surface area contributed by atoms with Gasteiger partial charge in [-0.2, -0.15) is 0 Å². The molecule has 1 saturated carbocycles. The second-order valence-electron chi connectivity index (χ2n) is 5.42. The second kappa shape index (κ2) is 3.44. The van der Waals surface area contributed by atoms with E-state index in [0.717, 1.165) is 26.1 Å². The highest BCUT2D eigenvalue weighted by atomic mass is 16.6. The molecule has 2 aliphatic heterocycles. The Kier molecular flexibility index (Phi) is 2.31. The Balaban J connectivity index is 1.80. The molecule has 3 aliphatic rings. The molecule has 2 spiro atoms. The first kappa shape index (κ1) is 10.1. The third-order valence-corrected chi connectivity index (χ3v) is 4.44. The predicted molar refractivity (Wildman–Crippen MR) is 57.9 cm³/mol. The van der Waals surface area contributed by atoms with Crippen molar-refractivity contribution in [3.05, 3.63) is 0 Å². The zero-order valence-electron chi connectivity index (χ0n) is 9.55. The molecule has 0 radical (unpaired) electrons. The molecule has 2 unspecified atom stereocenters. The van der Waals surface area contributed by atoms with Crippen molar-refractivity contribution in [2.45, 2.75) is 56.3 Å². The molecule has 0 aromatic carbocycles. The minimum atomic E-state index is -0.0252. The summed E-state index contributed by atoms with van der Waals surface area (Å²) in [5.74, 6) is 0. The Morgan fingerprint density at radius 2 is 1.93 bits per heavy atom. The molecule has 1 N–H and O–H groups in total. The van der Waals surface area contributed by atoms with Gasteiger partial charge in [-0.15, -0.1) is 0 Å². The first-order chi connectivity index (χ1) is 7.25. The molecule has 3 fully saturated rings. The first-order valence-electron chi connectivity index (χ1n) is 6.27. The molecule has 3 nitrogen and oxygen atoms in total. The standard InChI is InChI=1S/C12H21NO2/c1-10-12(6-7-14-10)9-13-8-11(15-12)4-2-3-5-11/h10,13H,2-9H2,1H3. The van der Waals surface area contributed by atoms with Crippen molar-refractivity contribution in [2.75, 3.05) is 19.7 Å². The summed E-state index contributed by atoms with van der Waals surface area (Å²) in [5, 5.41) is 3.58. The van der Waals surface area contributed by atoms with Gasteiger partial charge in [-0.25, -0.2) is 0 Å². The highest BCUT2D eigenvalue weighted by Gasteiger charge is 2.52. The van der Waals surface area contributed by atoms with Crippen LogP contribution in [0.2, 0.25) is 0 Å². The molecule has 0 amide bonds. The van der Waals surface area contributed by atoms with E-state index in [0.29, 0.717) is 0 Å². The van der Waals surface area contributed by atoms with Gasteiger partial charge in [0.1, 0.15) is 5.60 Å². The van der Waals surface area contributed by atoms with E-state index >= 15 is 0 Å². The average Bonchev–Trinajstić information content (AvgIpc) is 2.78. The zero-order valence-corrected chi connectivity index (χ0v) is 9.55. The number of hydrogen-bond acceptors (Lipinski definition) is 3. The van der Waals surface area contributed by atoms with Crippen LogP contribution in [0.1, 0.15) is 39.0 Å². The van der Waals surface area contributed by atoms with Crippen molar-refractivity contribution in [2.24, 2.45) is 0 Å². The Labute approximate surface area is 91.5 Å². The minimum Gasteiger partial charge on any atom is -0.375 e. The number of morpholine rings is 1. The van der Waals surface area contributed by atoms with Gasteiger partial charge in [0.25, 0.3) is 0 Å².